The number of hydrogen-bond donors (Lipinski definition) is 2. The van der Waals surface area contributed by atoms with E-state index in [1.165, 1.54) is 0 Å². The van der Waals surface area contributed by atoms with Gasteiger partial charge in [0.15, 0.2) is 0 Å². The van der Waals surface area contributed by atoms with Crippen LogP contribution in [0.2, 0.25) is 0 Å². The molecule has 0 rings (SSSR count). The van der Waals surface area contributed by atoms with Crippen LogP contribution in [-0.2, 0) is 9.59 Å². The fraction of sp³-hybridized carbons (Fsp3) is 0.818. The van der Waals surface area contributed by atoms with Crippen molar-refractivity contribution in [3.8, 4) is 0 Å². The molecule has 2 amide bonds. The van der Waals surface area contributed by atoms with Gasteiger partial charge in [0.25, 0.3) is 0 Å². The Labute approximate surface area is 91.8 Å². The van der Waals surface area contributed by atoms with E-state index in [-0.39, 0.29) is 11.9 Å². The number of amides is 2. The maximum Gasteiger partial charge on any atom is 0.220 e. The molecule has 15 heavy (non-hydrogen) atoms. The van der Waals surface area contributed by atoms with Gasteiger partial charge in [-0.05, 0) is 25.7 Å². The number of carbonyl (C=O) groups is 2. The lowest BCUT2D eigenvalue weighted by atomic mass is 10.1. The minimum atomic E-state index is 0.0991. The van der Waals surface area contributed by atoms with Crippen molar-refractivity contribution in [1.29, 1.82) is 0 Å². The van der Waals surface area contributed by atoms with E-state index in [0.29, 0.717) is 18.7 Å². The van der Waals surface area contributed by atoms with E-state index in [9.17, 15) is 9.59 Å². The van der Waals surface area contributed by atoms with Crippen LogP contribution in [0, 0.1) is 5.92 Å². The van der Waals surface area contributed by atoms with Crippen LogP contribution in [0.4, 0.5) is 0 Å². The molecule has 0 spiro atoms. The second-order valence-electron chi connectivity index (χ2n) is 4.28. The lowest BCUT2D eigenvalue weighted by molar-refractivity contribution is -0.121. The molecule has 1 atom stereocenters. The predicted octanol–water partition coefficient (Wildman–Crippen LogP) is 1.06. The number of carbonyl (C=O) groups excluding carboxylic acids is 2. The molecule has 2 N–H and O–H groups in total. The predicted molar refractivity (Wildman–Crippen MR) is 60.4 cm³/mol. The Hall–Kier alpha value is -1.06. The first-order valence-electron chi connectivity index (χ1n) is 5.52. The molecule has 0 aromatic heterocycles. The molecule has 0 aliphatic heterocycles. The van der Waals surface area contributed by atoms with E-state index in [2.05, 4.69) is 24.5 Å². The molecule has 4 heteroatoms. The van der Waals surface area contributed by atoms with E-state index in [1.54, 1.807) is 0 Å². The second-order valence-corrected chi connectivity index (χ2v) is 4.28. The van der Waals surface area contributed by atoms with Crippen molar-refractivity contribution in [1.82, 2.24) is 10.6 Å². The highest BCUT2D eigenvalue weighted by molar-refractivity contribution is 5.75. The molecule has 0 aliphatic carbocycles. The number of rotatable bonds is 8. The highest BCUT2D eigenvalue weighted by Crippen LogP contribution is 2.00. The van der Waals surface area contributed by atoms with Gasteiger partial charge in [-0.1, -0.05) is 13.8 Å². The summed E-state index contributed by atoms with van der Waals surface area (Å²) in [6.45, 7) is 6.80. The van der Waals surface area contributed by atoms with Gasteiger partial charge in [0.05, 0.1) is 0 Å². The van der Waals surface area contributed by atoms with Gasteiger partial charge in [-0.25, -0.2) is 0 Å². The SMILES string of the molecule is CC(C)CNC(=O)CCCC(C)NC=O. The van der Waals surface area contributed by atoms with Crippen LogP contribution in [0.1, 0.15) is 40.0 Å². The van der Waals surface area contributed by atoms with E-state index < -0.39 is 0 Å². The van der Waals surface area contributed by atoms with Gasteiger partial charge >= 0.3 is 0 Å². The lowest BCUT2D eigenvalue weighted by Gasteiger charge is -2.10. The maximum absolute atomic E-state index is 11.3. The van der Waals surface area contributed by atoms with Crippen LogP contribution >= 0.6 is 0 Å². The van der Waals surface area contributed by atoms with Gasteiger partial charge in [0.2, 0.25) is 12.3 Å². The summed E-state index contributed by atoms with van der Waals surface area (Å²) in [6, 6.07) is 0.153. The lowest BCUT2D eigenvalue weighted by Crippen LogP contribution is -2.28. The van der Waals surface area contributed by atoms with Crippen LogP contribution in [0.15, 0.2) is 0 Å². The Kier molecular flexibility index (Phi) is 7.68. The third-order valence-corrected chi connectivity index (χ3v) is 2.10. The van der Waals surface area contributed by atoms with E-state index >= 15 is 0 Å². The Morgan fingerprint density at radius 2 is 2.00 bits per heavy atom. The molecule has 4 nitrogen and oxygen atoms in total. The minimum absolute atomic E-state index is 0.0991. The first-order chi connectivity index (χ1) is 7.06. The molecular weight excluding hydrogens is 192 g/mol. The maximum atomic E-state index is 11.3. The molecule has 1 unspecified atom stereocenters. The second kappa shape index (κ2) is 8.26. The highest BCUT2D eigenvalue weighted by Gasteiger charge is 2.04. The Morgan fingerprint density at radius 3 is 2.53 bits per heavy atom. The smallest absolute Gasteiger partial charge is 0.220 e. The summed E-state index contributed by atoms with van der Waals surface area (Å²) in [5.74, 6) is 0.589. The first-order valence-corrected chi connectivity index (χ1v) is 5.52. The topological polar surface area (TPSA) is 58.2 Å². The monoisotopic (exact) mass is 214 g/mol. The molecule has 0 bridgehead atoms. The molecule has 0 aromatic rings. The first kappa shape index (κ1) is 13.9. The third kappa shape index (κ3) is 9.25. The minimum Gasteiger partial charge on any atom is -0.356 e. The molecule has 0 heterocycles. The van der Waals surface area contributed by atoms with Gasteiger partial charge in [0.1, 0.15) is 0 Å². The van der Waals surface area contributed by atoms with Gasteiger partial charge in [-0.2, -0.15) is 0 Å². The van der Waals surface area contributed by atoms with Crippen LogP contribution in [0.5, 0.6) is 0 Å². The van der Waals surface area contributed by atoms with Crippen LogP contribution in [0.3, 0.4) is 0 Å². The quantitative estimate of drug-likeness (QED) is 0.594. The van der Waals surface area contributed by atoms with Crippen molar-refractivity contribution < 1.29 is 9.59 Å². The average Bonchev–Trinajstić information content (AvgIpc) is 2.15. The molecule has 0 aromatic carbocycles. The molecule has 0 fully saturated rings. The molecule has 0 saturated carbocycles. The Balaban J connectivity index is 3.42. The van der Waals surface area contributed by atoms with Crippen LogP contribution in [-0.4, -0.2) is 24.9 Å². The van der Waals surface area contributed by atoms with Crippen molar-refractivity contribution in [2.24, 2.45) is 5.92 Å². The summed E-state index contributed by atoms with van der Waals surface area (Å²) >= 11 is 0. The number of nitrogens with one attached hydrogen (secondary N) is 2. The van der Waals surface area contributed by atoms with Crippen molar-refractivity contribution in [2.75, 3.05) is 6.54 Å². The normalized spacial score (nSPS) is 12.3. The summed E-state index contributed by atoms with van der Waals surface area (Å²) in [6.07, 6.45) is 2.89. The zero-order valence-corrected chi connectivity index (χ0v) is 9.88. The van der Waals surface area contributed by atoms with E-state index in [4.69, 9.17) is 0 Å². The molecule has 0 saturated heterocycles. The van der Waals surface area contributed by atoms with Crippen LogP contribution < -0.4 is 10.6 Å². The zero-order chi connectivity index (χ0) is 11.7. The van der Waals surface area contributed by atoms with Gasteiger partial charge < -0.3 is 10.6 Å². The van der Waals surface area contributed by atoms with Crippen LogP contribution in [0.25, 0.3) is 0 Å². The molecule has 0 aliphatic rings. The fourth-order valence-corrected chi connectivity index (χ4v) is 1.17. The standard InChI is InChI=1S/C11H22N2O2/c1-9(2)7-12-11(15)6-4-5-10(3)13-8-14/h8-10H,4-7H2,1-3H3,(H,12,15)(H,13,14). The molecular formula is C11H22N2O2. The molecule has 88 valence electrons. The van der Waals surface area contributed by atoms with Crippen molar-refractivity contribution >= 4 is 12.3 Å². The van der Waals surface area contributed by atoms with Gasteiger partial charge in [-0.3, -0.25) is 9.59 Å². The van der Waals surface area contributed by atoms with Crippen molar-refractivity contribution in [2.45, 2.75) is 46.1 Å². The summed E-state index contributed by atoms with van der Waals surface area (Å²) in [5.41, 5.74) is 0. The third-order valence-electron chi connectivity index (χ3n) is 2.10. The Bertz CT molecular complexity index is 193. The summed E-state index contributed by atoms with van der Waals surface area (Å²) in [4.78, 5) is 21.4. The fourth-order valence-electron chi connectivity index (χ4n) is 1.17. The van der Waals surface area contributed by atoms with Crippen molar-refractivity contribution in [3.63, 3.8) is 0 Å². The Morgan fingerprint density at radius 1 is 1.33 bits per heavy atom. The van der Waals surface area contributed by atoms with Gasteiger partial charge in [-0.15, -0.1) is 0 Å². The van der Waals surface area contributed by atoms with Crippen molar-refractivity contribution in [3.05, 3.63) is 0 Å². The highest BCUT2D eigenvalue weighted by atomic mass is 16.1. The zero-order valence-electron chi connectivity index (χ0n) is 9.88. The summed E-state index contributed by atoms with van der Waals surface area (Å²) < 4.78 is 0. The largest absolute Gasteiger partial charge is 0.356 e. The number of hydrogen-bond acceptors (Lipinski definition) is 2. The average molecular weight is 214 g/mol. The van der Waals surface area contributed by atoms with E-state index in [0.717, 1.165) is 19.4 Å². The van der Waals surface area contributed by atoms with E-state index in [1.807, 2.05) is 6.92 Å². The van der Waals surface area contributed by atoms with Gasteiger partial charge in [0, 0.05) is 19.0 Å². The summed E-state index contributed by atoms with van der Waals surface area (Å²) in [7, 11) is 0. The molecule has 0 radical (unpaired) electrons. The summed E-state index contributed by atoms with van der Waals surface area (Å²) in [5, 5.41) is 5.52.